The van der Waals surface area contributed by atoms with Crippen molar-refractivity contribution in [2.24, 2.45) is 11.7 Å². The van der Waals surface area contributed by atoms with E-state index in [1.165, 1.54) is 6.07 Å². The Morgan fingerprint density at radius 3 is 2.50 bits per heavy atom. The monoisotopic (exact) mass is 308 g/mol. The number of carbonyl (C=O) groups is 1. The first-order chi connectivity index (χ1) is 9.15. The van der Waals surface area contributed by atoms with Crippen LogP contribution in [0.3, 0.4) is 0 Å². The van der Waals surface area contributed by atoms with Crippen molar-refractivity contribution < 1.29 is 18.0 Å². The summed E-state index contributed by atoms with van der Waals surface area (Å²) < 4.78 is 37.9. The standard InChI is InChI=1S/C13H16ClF3N2O/c1-3-7(2)11(18)12(20)19-10-5-8(13(15,16)17)4-9(14)6-10/h4-7,11H,3,18H2,1-2H3,(H,19,20)/t7-,11-/m0/s1. The van der Waals surface area contributed by atoms with Gasteiger partial charge in [-0.05, 0) is 24.1 Å². The van der Waals surface area contributed by atoms with Gasteiger partial charge in [0, 0.05) is 10.7 Å². The number of hydrogen-bond donors (Lipinski definition) is 2. The number of carbonyl (C=O) groups excluding carboxylic acids is 1. The molecular formula is C13H16ClF3N2O. The van der Waals surface area contributed by atoms with Crippen LogP contribution in [0.25, 0.3) is 0 Å². The second-order valence-corrected chi connectivity index (χ2v) is 5.06. The predicted octanol–water partition coefficient (Wildman–Crippen LogP) is 3.67. The molecule has 0 bridgehead atoms. The number of hydrogen-bond acceptors (Lipinski definition) is 2. The molecule has 1 aromatic carbocycles. The molecule has 7 heteroatoms. The quantitative estimate of drug-likeness (QED) is 0.891. The number of halogens is 4. The first-order valence-corrected chi connectivity index (χ1v) is 6.47. The normalized spacial score (nSPS) is 14.8. The summed E-state index contributed by atoms with van der Waals surface area (Å²) >= 11 is 5.63. The van der Waals surface area contributed by atoms with Gasteiger partial charge in [0.15, 0.2) is 0 Å². The van der Waals surface area contributed by atoms with Gasteiger partial charge >= 0.3 is 6.18 Å². The molecule has 0 aliphatic heterocycles. The van der Waals surface area contributed by atoms with Gasteiger partial charge in [-0.2, -0.15) is 13.2 Å². The predicted molar refractivity (Wildman–Crippen MR) is 72.5 cm³/mol. The number of alkyl halides is 3. The number of benzene rings is 1. The minimum atomic E-state index is -4.52. The second kappa shape index (κ2) is 6.45. The molecule has 112 valence electrons. The number of amides is 1. The molecule has 0 aliphatic carbocycles. The molecular weight excluding hydrogens is 293 g/mol. The van der Waals surface area contributed by atoms with Crippen LogP contribution in [-0.4, -0.2) is 11.9 Å². The van der Waals surface area contributed by atoms with E-state index in [0.29, 0.717) is 6.42 Å². The zero-order valence-electron chi connectivity index (χ0n) is 11.1. The van der Waals surface area contributed by atoms with Crippen molar-refractivity contribution in [2.45, 2.75) is 32.5 Å². The van der Waals surface area contributed by atoms with Crippen molar-refractivity contribution in [3.8, 4) is 0 Å². The fourth-order valence-electron chi connectivity index (χ4n) is 1.56. The summed E-state index contributed by atoms with van der Waals surface area (Å²) in [6, 6.07) is 2.09. The summed E-state index contributed by atoms with van der Waals surface area (Å²) in [5, 5.41) is 2.26. The molecule has 0 aromatic heterocycles. The smallest absolute Gasteiger partial charge is 0.325 e. The second-order valence-electron chi connectivity index (χ2n) is 4.63. The van der Waals surface area contributed by atoms with Crippen molar-refractivity contribution in [1.29, 1.82) is 0 Å². The molecule has 1 amide bonds. The molecule has 0 saturated carbocycles. The Morgan fingerprint density at radius 1 is 1.40 bits per heavy atom. The lowest BCUT2D eigenvalue weighted by molar-refractivity contribution is -0.137. The molecule has 0 fully saturated rings. The molecule has 0 radical (unpaired) electrons. The van der Waals surface area contributed by atoms with Gasteiger partial charge in [-0.15, -0.1) is 0 Å². The first kappa shape index (κ1) is 16.8. The third kappa shape index (κ3) is 4.38. The van der Waals surface area contributed by atoms with Gasteiger partial charge in [-0.3, -0.25) is 4.79 Å². The molecule has 20 heavy (non-hydrogen) atoms. The van der Waals surface area contributed by atoms with Crippen LogP contribution >= 0.6 is 11.6 Å². The van der Waals surface area contributed by atoms with E-state index in [1.807, 2.05) is 6.92 Å². The van der Waals surface area contributed by atoms with Crippen molar-refractivity contribution in [3.63, 3.8) is 0 Å². The Bertz CT molecular complexity index is 491. The number of nitrogens with two attached hydrogens (primary N) is 1. The van der Waals surface area contributed by atoms with Crippen LogP contribution in [0.1, 0.15) is 25.8 Å². The van der Waals surface area contributed by atoms with Crippen molar-refractivity contribution in [2.75, 3.05) is 5.32 Å². The summed E-state index contributed by atoms with van der Waals surface area (Å²) in [7, 11) is 0. The highest BCUT2D eigenvalue weighted by Gasteiger charge is 2.31. The third-order valence-electron chi connectivity index (χ3n) is 3.05. The Balaban J connectivity index is 2.93. The first-order valence-electron chi connectivity index (χ1n) is 6.09. The molecule has 2 atom stereocenters. The molecule has 0 spiro atoms. The number of anilines is 1. The van der Waals surface area contributed by atoms with Crippen molar-refractivity contribution in [3.05, 3.63) is 28.8 Å². The van der Waals surface area contributed by atoms with E-state index < -0.39 is 23.7 Å². The van der Waals surface area contributed by atoms with Gasteiger partial charge in [0.25, 0.3) is 0 Å². The van der Waals surface area contributed by atoms with Crippen LogP contribution in [0, 0.1) is 5.92 Å². The highest BCUT2D eigenvalue weighted by molar-refractivity contribution is 6.31. The summed E-state index contributed by atoms with van der Waals surface area (Å²) in [4.78, 5) is 11.8. The molecule has 3 nitrogen and oxygen atoms in total. The fraction of sp³-hybridized carbons (Fsp3) is 0.462. The van der Waals surface area contributed by atoms with E-state index in [2.05, 4.69) is 5.32 Å². The van der Waals surface area contributed by atoms with Crippen LogP contribution in [0.15, 0.2) is 18.2 Å². The molecule has 1 rings (SSSR count). The lowest BCUT2D eigenvalue weighted by Crippen LogP contribution is -2.40. The Labute approximate surface area is 120 Å². The SMILES string of the molecule is CC[C@H](C)[C@H](N)C(=O)Nc1cc(Cl)cc(C(F)(F)F)c1. The van der Waals surface area contributed by atoms with Crippen LogP contribution in [0.2, 0.25) is 5.02 Å². The molecule has 1 aromatic rings. The lowest BCUT2D eigenvalue weighted by atomic mass is 9.99. The number of nitrogens with one attached hydrogen (secondary N) is 1. The van der Waals surface area contributed by atoms with Gasteiger partial charge in [0.05, 0.1) is 11.6 Å². The van der Waals surface area contributed by atoms with Crippen molar-refractivity contribution in [1.82, 2.24) is 0 Å². The minimum absolute atomic E-state index is 0.0198. The van der Waals surface area contributed by atoms with E-state index in [9.17, 15) is 18.0 Å². The average Bonchev–Trinajstić information content (AvgIpc) is 2.35. The van der Waals surface area contributed by atoms with Gasteiger partial charge < -0.3 is 11.1 Å². The van der Waals surface area contributed by atoms with E-state index >= 15 is 0 Å². The van der Waals surface area contributed by atoms with Gasteiger partial charge in [-0.1, -0.05) is 31.9 Å². The van der Waals surface area contributed by atoms with Gasteiger partial charge in [0.2, 0.25) is 5.91 Å². The lowest BCUT2D eigenvalue weighted by Gasteiger charge is -2.18. The third-order valence-corrected chi connectivity index (χ3v) is 3.27. The van der Waals surface area contributed by atoms with Crippen LogP contribution < -0.4 is 11.1 Å². The Hall–Kier alpha value is -1.27. The van der Waals surface area contributed by atoms with Crippen LogP contribution in [0.5, 0.6) is 0 Å². The van der Waals surface area contributed by atoms with Crippen LogP contribution in [-0.2, 0) is 11.0 Å². The van der Waals surface area contributed by atoms with E-state index in [1.54, 1.807) is 6.92 Å². The molecule has 3 N–H and O–H groups in total. The van der Waals surface area contributed by atoms with E-state index in [4.69, 9.17) is 17.3 Å². The maximum Gasteiger partial charge on any atom is 0.416 e. The van der Waals surface area contributed by atoms with Gasteiger partial charge in [-0.25, -0.2) is 0 Å². The van der Waals surface area contributed by atoms with E-state index in [0.717, 1.165) is 12.1 Å². The molecule has 0 saturated heterocycles. The zero-order chi connectivity index (χ0) is 15.5. The summed E-state index contributed by atoms with van der Waals surface area (Å²) in [6.07, 6.45) is -3.83. The molecule has 0 unspecified atom stereocenters. The zero-order valence-corrected chi connectivity index (χ0v) is 11.8. The maximum absolute atomic E-state index is 12.6. The minimum Gasteiger partial charge on any atom is -0.325 e. The molecule has 0 heterocycles. The summed E-state index contributed by atoms with van der Waals surface area (Å²) in [6.45, 7) is 3.67. The largest absolute Gasteiger partial charge is 0.416 e. The Kier molecular flexibility index (Phi) is 5.42. The van der Waals surface area contributed by atoms with Gasteiger partial charge in [0.1, 0.15) is 0 Å². The highest BCUT2D eigenvalue weighted by atomic mass is 35.5. The fourth-order valence-corrected chi connectivity index (χ4v) is 1.80. The molecule has 0 aliphatic rings. The summed E-state index contributed by atoms with van der Waals surface area (Å²) in [5.74, 6) is -0.606. The van der Waals surface area contributed by atoms with Crippen molar-refractivity contribution >= 4 is 23.2 Å². The van der Waals surface area contributed by atoms with E-state index in [-0.39, 0.29) is 16.6 Å². The number of rotatable bonds is 4. The Morgan fingerprint density at radius 2 is 2.00 bits per heavy atom. The summed E-state index contributed by atoms with van der Waals surface area (Å²) in [5.41, 5.74) is 4.77. The van der Waals surface area contributed by atoms with Crippen LogP contribution in [0.4, 0.5) is 18.9 Å². The highest BCUT2D eigenvalue weighted by Crippen LogP contribution is 2.33. The topological polar surface area (TPSA) is 55.1 Å². The maximum atomic E-state index is 12.6. The average molecular weight is 309 g/mol.